The summed E-state index contributed by atoms with van der Waals surface area (Å²) < 4.78 is 19.1. The van der Waals surface area contributed by atoms with E-state index in [0.717, 1.165) is 23.2 Å². The highest BCUT2D eigenvalue weighted by atomic mass is 19.1. The second-order valence-corrected chi connectivity index (χ2v) is 6.40. The molecule has 1 heterocycles. The van der Waals surface area contributed by atoms with E-state index in [-0.39, 0.29) is 29.4 Å². The van der Waals surface area contributed by atoms with Crippen molar-refractivity contribution in [3.63, 3.8) is 0 Å². The number of nitro benzene ring substituents is 1. The lowest BCUT2D eigenvalue weighted by atomic mass is 9.76. The highest BCUT2D eigenvalue weighted by Crippen LogP contribution is 2.53. The molecule has 2 aromatic rings. The Morgan fingerprint density at radius 1 is 1.32 bits per heavy atom. The van der Waals surface area contributed by atoms with Gasteiger partial charge in [0, 0.05) is 12.0 Å². The zero-order valence-corrected chi connectivity index (χ0v) is 13.6. The molecule has 0 amide bonds. The molecule has 3 atom stereocenters. The Hall–Kier alpha value is -2.89. The summed E-state index contributed by atoms with van der Waals surface area (Å²) >= 11 is 0. The first kappa shape index (κ1) is 15.6. The van der Waals surface area contributed by atoms with Crippen LogP contribution in [-0.2, 0) is 0 Å². The smallest absolute Gasteiger partial charge is 0.273 e. The molecule has 6 heteroatoms. The van der Waals surface area contributed by atoms with Gasteiger partial charge in [0.2, 0.25) is 0 Å². The van der Waals surface area contributed by atoms with E-state index in [9.17, 15) is 14.5 Å². The summed E-state index contributed by atoms with van der Waals surface area (Å²) in [5.74, 6) is 0.381. The van der Waals surface area contributed by atoms with Gasteiger partial charge in [-0.15, -0.1) is 0 Å². The molecule has 1 aliphatic heterocycles. The van der Waals surface area contributed by atoms with Gasteiger partial charge in [0.15, 0.2) is 0 Å². The molecule has 0 radical (unpaired) electrons. The second kappa shape index (κ2) is 5.88. The van der Waals surface area contributed by atoms with Crippen LogP contribution in [0.1, 0.15) is 29.5 Å². The number of benzene rings is 2. The monoisotopic (exact) mass is 340 g/mol. The number of anilines is 1. The molecule has 5 nitrogen and oxygen atoms in total. The van der Waals surface area contributed by atoms with Crippen molar-refractivity contribution in [2.45, 2.75) is 18.4 Å². The van der Waals surface area contributed by atoms with Gasteiger partial charge < -0.3 is 10.1 Å². The third-order valence-corrected chi connectivity index (χ3v) is 5.06. The zero-order chi connectivity index (χ0) is 17.6. The Morgan fingerprint density at radius 2 is 2.16 bits per heavy atom. The van der Waals surface area contributed by atoms with Crippen LogP contribution >= 0.6 is 0 Å². The predicted octanol–water partition coefficient (Wildman–Crippen LogP) is 4.57. The van der Waals surface area contributed by atoms with Crippen LogP contribution in [0.15, 0.2) is 48.6 Å². The number of allylic oxidation sites excluding steroid dienone is 2. The minimum atomic E-state index is -0.408. The number of rotatable bonds is 3. The van der Waals surface area contributed by atoms with Crippen LogP contribution in [0.4, 0.5) is 15.8 Å². The fourth-order valence-corrected chi connectivity index (χ4v) is 3.95. The fourth-order valence-electron chi connectivity index (χ4n) is 3.95. The van der Waals surface area contributed by atoms with Gasteiger partial charge in [0.1, 0.15) is 11.6 Å². The van der Waals surface area contributed by atoms with Gasteiger partial charge in [-0.05, 0) is 35.6 Å². The van der Waals surface area contributed by atoms with Gasteiger partial charge in [-0.1, -0.05) is 24.3 Å². The van der Waals surface area contributed by atoms with Gasteiger partial charge in [-0.25, -0.2) is 4.39 Å². The largest absolute Gasteiger partial charge is 0.494 e. The Bertz CT molecular complexity index is 881. The minimum Gasteiger partial charge on any atom is -0.494 e. The number of halogens is 1. The molecule has 0 fully saturated rings. The molecule has 2 aromatic carbocycles. The summed E-state index contributed by atoms with van der Waals surface area (Å²) in [7, 11) is 1.49. The van der Waals surface area contributed by atoms with Crippen LogP contribution in [-0.4, -0.2) is 12.0 Å². The molecular weight excluding hydrogens is 323 g/mol. The molecule has 2 aliphatic rings. The Labute approximate surface area is 144 Å². The number of nitrogens with one attached hydrogen (secondary N) is 1. The lowest BCUT2D eigenvalue weighted by Gasteiger charge is -2.38. The van der Waals surface area contributed by atoms with Gasteiger partial charge in [-0.2, -0.15) is 0 Å². The first-order valence-electron chi connectivity index (χ1n) is 8.13. The van der Waals surface area contributed by atoms with E-state index in [1.807, 2.05) is 6.07 Å². The molecule has 4 rings (SSSR count). The standard InChI is InChI=1S/C19H17FN2O3/c1-25-17-10-13(22(23)24)9-16-14-6-3-7-15(14)18(21-19(16)17)11-4-2-5-12(20)8-11/h2-6,8-10,14-15,18,21H,7H2,1H3/t14-,15-,18-/m1/s1. The van der Waals surface area contributed by atoms with Gasteiger partial charge in [0.05, 0.1) is 29.8 Å². The summed E-state index contributed by atoms with van der Waals surface area (Å²) in [5.41, 5.74) is 2.48. The van der Waals surface area contributed by atoms with Crippen LogP contribution in [0.25, 0.3) is 0 Å². The lowest BCUT2D eigenvalue weighted by Crippen LogP contribution is -2.29. The molecule has 128 valence electrons. The van der Waals surface area contributed by atoms with Crippen LogP contribution in [0.3, 0.4) is 0 Å². The third-order valence-electron chi connectivity index (χ3n) is 5.06. The highest BCUT2D eigenvalue weighted by Gasteiger charge is 2.40. The summed E-state index contributed by atoms with van der Waals surface area (Å²) in [4.78, 5) is 10.8. The quantitative estimate of drug-likeness (QED) is 0.505. The molecule has 0 spiro atoms. The highest BCUT2D eigenvalue weighted by molar-refractivity contribution is 5.71. The average Bonchev–Trinajstić information content (AvgIpc) is 3.10. The number of methoxy groups -OCH3 is 1. The van der Waals surface area contributed by atoms with E-state index in [1.54, 1.807) is 12.1 Å². The Kier molecular flexibility index (Phi) is 3.67. The fraction of sp³-hybridized carbons (Fsp3) is 0.263. The number of fused-ring (bicyclic) bond motifs is 3. The van der Waals surface area contributed by atoms with E-state index >= 15 is 0 Å². The molecule has 25 heavy (non-hydrogen) atoms. The molecule has 0 unspecified atom stereocenters. The predicted molar refractivity (Wildman–Crippen MR) is 92.4 cm³/mol. The molecule has 1 aliphatic carbocycles. The number of hydrogen-bond donors (Lipinski definition) is 1. The normalized spacial score (nSPS) is 23.5. The second-order valence-electron chi connectivity index (χ2n) is 6.40. The summed E-state index contributed by atoms with van der Waals surface area (Å²) in [6, 6.07) is 9.52. The summed E-state index contributed by atoms with van der Waals surface area (Å²) in [5, 5.41) is 14.7. The van der Waals surface area contributed by atoms with Crippen LogP contribution in [0.2, 0.25) is 0 Å². The van der Waals surface area contributed by atoms with Crippen LogP contribution in [0.5, 0.6) is 5.75 Å². The van der Waals surface area contributed by atoms with Crippen molar-refractivity contribution in [2.24, 2.45) is 5.92 Å². The van der Waals surface area contributed by atoms with Gasteiger partial charge >= 0.3 is 0 Å². The molecule has 1 N–H and O–H groups in total. The van der Waals surface area contributed by atoms with E-state index in [4.69, 9.17) is 4.74 Å². The number of nitro groups is 1. The first-order chi connectivity index (χ1) is 12.1. The first-order valence-corrected chi connectivity index (χ1v) is 8.13. The van der Waals surface area contributed by atoms with Gasteiger partial charge in [0.25, 0.3) is 5.69 Å². The van der Waals surface area contributed by atoms with Crippen molar-refractivity contribution >= 4 is 11.4 Å². The molecule has 0 saturated carbocycles. The molecule has 0 bridgehead atoms. The summed E-state index contributed by atoms with van der Waals surface area (Å²) in [6.07, 6.45) is 5.01. The lowest BCUT2D eigenvalue weighted by molar-refractivity contribution is -0.385. The topological polar surface area (TPSA) is 64.4 Å². The van der Waals surface area contributed by atoms with Crippen LogP contribution in [0, 0.1) is 21.8 Å². The van der Waals surface area contributed by atoms with E-state index in [0.29, 0.717) is 5.75 Å². The van der Waals surface area contributed by atoms with Crippen LogP contribution < -0.4 is 10.1 Å². The Balaban J connectivity index is 1.85. The van der Waals surface area contributed by atoms with Crippen molar-refractivity contribution in [1.29, 1.82) is 0 Å². The van der Waals surface area contributed by atoms with Crippen molar-refractivity contribution in [1.82, 2.24) is 0 Å². The van der Waals surface area contributed by atoms with E-state index in [1.165, 1.54) is 25.3 Å². The average molecular weight is 340 g/mol. The third kappa shape index (κ3) is 2.54. The van der Waals surface area contributed by atoms with Gasteiger partial charge in [-0.3, -0.25) is 10.1 Å². The number of non-ortho nitro benzene ring substituents is 1. The Morgan fingerprint density at radius 3 is 2.88 bits per heavy atom. The number of ether oxygens (including phenoxy) is 1. The minimum absolute atomic E-state index is 0.0145. The molecule has 0 saturated heterocycles. The SMILES string of the molecule is COc1cc([N+](=O)[O-])cc2c1N[C@H](c1cccc(F)c1)[C@@H]1CC=C[C@@H]21. The molecular formula is C19H17FN2O3. The van der Waals surface area contributed by atoms with Crippen molar-refractivity contribution in [3.8, 4) is 5.75 Å². The molecule has 0 aromatic heterocycles. The van der Waals surface area contributed by atoms with Crippen molar-refractivity contribution in [2.75, 3.05) is 12.4 Å². The van der Waals surface area contributed by atoms with Crippen molar-refractivity contribution < 1.29 is 14.1 Å². The maximum Gasteiger partial charge on any atom is 0.273 e. The van der Waals surface area contributed by atoms with Crippen molar-refractivity contribution in [3.05, 3.63) is 75.6 Å². The number of nitrogens with zero attached hydrogens (tertiary/aromatic N) is 1. The summed E-state index contributed by atoms with van der Waals surface area (Å²) in [6.45, 7) is 0. The maximum absolute atomic E-state index is 13.7. The van der Waals surface area contributed by atoms with E-state index in [2.05, 4.69) is 17.5 Å². The maximum atomic E-state index is 13.7. The zero-order valence-electron chi connectivity index (χ0n) is 13.6. The van der Waals surface area contributed by atoms with E-state index < -0.39 is 4.92 Å². The number of hydrogen-bond acceptors (Lipinski definition) is 4.